The first kappa shape index (κ1) is 24.3. The van der Waals surface area contributed by atoms with Crippen LogP contribution in [0.25, 0.3) is 0 Å². The fourth-order valence-corrected chi connectivity index (χ4v) is 7.04. The molecule has 1 N–H and O–H groups in total. The van der Waals surface area contributed by atoms with Gasteiger partial charge in [0.2, 0.25) is 0 Å². The van der Waals surface area contributed by atoms with Crippen molar-refractivity contribution < 1.29 is 22.7 Å². The topological polar surface area (TPSA) is 92.8 Å². The van der Waals surface area contributed by atoms with Crippen molar-refractivity contribution in [3.8, 4) is 0 Å². The zero-order valence-corrected chi connectivity index (χ0v) is 20.5. The molecule has 182 valence electrons. The number of nitrogens with zero attached hydrogens (tertiary/aromatic N) is 1. The molecule has 2 saturated carbocycles. The van der Waals surface area contributed by atoms with Crippen LogP contribution in [-0.2, 0) is 19.6 Å². The summed E-state index contributed by atoms with van der Waals surface area (Å²) < 4.78 is 32.9. The lowest BCUT2D eigenvalue weighted by Crippen LogP contribution is -2.42. The Labute approximate surface area is 201 Å². The van der Waals surface area contributed by atoms with Crippen LogP contribution in [0.5, 0.6) is 0 Å². The molecule has 4 unspecified atom stereocenters. The van der Waals surface area contributed by atoms with E-state index in [0.29, 0.717) is 17.5 Å². The fourth-order valence-electron chi connectivity index (χ4n) is 5.52. The summed E-state index contributed by atoms with van der Waals surface area (Å²) in [5.74, 6) is 0.898. The molecule has 0 aromatic heterocycles. The number of amides is 1. The maximum atomic E-state index is 13.2. The minimum absolute atomic E-state index is 0.0120. The third kappa shape index (κ3) is 5.12. The Bertz CT molecular complexity index is 1130. The highest BCUT2D eigenvalue weighted by molar-refractivity contribution is 7.92. The van der Waals surface area contributed by atoms with Crippen molar-refractivity contribution in [2.75, 3.05) is 17.5 Å². The summed E-state index contributed by atoms with van der Waals surface area (Å²) in [7, 11) is -3.87. The highest BCUT2D eigenvalue weighted by Gasteiger charge is 2.42. The molecule has 2 aromatic rings. The molecule has 8 heteroatoms. The Morgan fingerprint density at radius 2 is 1.85 bits per heavy atom. The minimum atomic E-state index is -3.87. The average molecular weight is 485 g/mol. The van der Waals surface area contributed by atoms with Gasteiger partial charge in [0.25, 0.3) is 15.9 Å². The number of hydrogen-bond acceptors (Lipinski definition) is 5. The number of para-hydroxylation sites is 1. The van der Waals surface area contributed by atoms with Crippen LogP contribution in [0.3, 0.4) is 0 Å². The highest BCUT2D eigenvalue weighted by Crippen LogP contribution is 2.49. The number of anilines is 1. The minimum Gasteiger partial charge on any atom is -0.452 e. The van der Waals surface area contributed by atoms with Crippen LogP contribution in [0.1, 0.15) is 49.9 Å². The van der Waals surface area contributed by atoms with Gasteiger partial charge >= 0.3 is 5.97 Å². The van der Waals surface area contributed by atoms with E-state index in [1.165, 1.54) is 47.8 Å². The average Bonchev–Trinajstić information content (AvgIpc) is 3.48. The Kier molecular flexibility index (Phi) is 7.26. The first-order valence-electron chi connectivity index (χ1n) is 11.9. The maximum absolute atomic E-state index is 13.2. The molecule has 34 heavy (non-hydrogen) atoms. The number of benzene rings is 2. The molecule has 1 amide bonds. The van der Waals surface area contributed by atoms with Gasteiger partial charge in [0.1, 0.15) is 0 Å². The van der Waals surface area contributed by atoms with E-state index in [2.05, 4.69) is 5.32 Å². The van der Waals surface area contributed by atoms with Crippen molar-refractivity contribution >= 4 is 27.6 Å². The molecule has 0 aliphatic heterocycles. The zero-order chi connectivity index (χ0) is 24.3. The van der Waals surface area contributed by atoms with Crippen LogP contribution in [0.15, 0.2) is 59.5 Å². The summed E-state index contributed by atoms with van der Waals surface area (Å²) in [6, 6.07) is 14.6. The van der Waals surface area contributed by atoms with Crippen molar-refractivity contribution in [3.05, 3.63) is 60.2 Å². The summed E-state index contributed by atoms with van der Waals surface area (Å²) in [6.07, 6.45) is 4.96. The Morgan fingerprint density at radius 1 is 1.09 bits per heavy atom. The molecule has 2 fully saturated rings. The molecule has 4 atom stereocenters. The van der Waals surface area contributed by atoms with Crippen LogP contribution in [-0.4, -0.2) is 39.5 Å². The van der Waals surface area contributed by atoms with Crippen LogP contribution in [0, 0.1) is 17.8 Å². The fraction of sp³-hybridized carbons (Fsp3) is 0.462. The SMILES string of the molecule is CCN(c1ccccc1)S(=O)(=O)c1cccc(C(=O)OCC(=O)NC(C)C2CC3CCC2C3)c1. The number of carbonyl (C=O) groups excluding carboxylic acids is 2. The Hall–Kier alpha value is -2.87. The highest BCUT2D eigenvalue weighted by atomic mass is 32.2. The van der Waals surface area contributed by atoms with Gasteiger partial charge in [-0.25, -0.2) is 13.2 Å². The van der Waals surface area contributed by atoms with E-state index < -0.39 is 22.6 Å². The molecular formula is C26H32N2O5S. The lowest BCUT2D eigenvalue weighted by Gasteiger charge is -2.28. The number of ether oxygens (including phenoxy) is 1. The van der Waals surface area contributed by atoms with E-state index in [1.807, 2.05) is 13.0 Å². The molecular weight excluding hydrogens is 452 g/mol. The second-order valence-corrected chi connectivity index (χ2v) is 11.2. The monoisotopic (exact) mass is 484 g/mol. The van der Waals surface area contributed by atoms with Crippen LogP contribution < -0.4 is 9.62 Å². The van der Waals surface area contributed by atoms with Crippen LogP contribution >= 0.6 is 0 Å². The molecule has 2 aliphatic rings. The van der Waals surface area contributed by atoms with Crippen molar-refractivity contribution in [1.82, 2.24) is 5.32 Å². The normalized spacial score (nSPS) is 22.2. The standard InChI is InChI=1S/C26H32N2O5S/c1-3-28(22-9-5-4-6-10-22)34(31,32)23-11-7-8-21(16-23)26(30)33-17-25(29)27-18(2)24-15-19-12-13-20(24)14-19/h4-11,16,18-20,24H,3,12-15,17H2,1-2H3,(H,27,29). The van der Waals surface area contributed by atoms with Gasteiger partial charge in [0, 0.05) is 12.6 Å². The van der Waals surface area contributed by atoms with E-state index in [9.17, 15) is 18.0 Å². The van der Waals surface area contributed by atoms with E-state index in [1.54, 1.807) is 31.2 Å². The number of esters is 1. The lowest BCUT2D eigenvalue weighted by atomic mass is 9.84. The van der Waals surface area contributed by atoms with Crippen molar-refractivity contribution in [1.29, 1.82) is 0 Å². The predicted octanol–water partition coefficient (Wildman–Crippen LogP) is 4.00. The maximum Gasteiger partial charge on any atom is 0.338 e. The Morgan fingerprint density at radius 3 is 2.50 bits per heavy atom. The summed E-state index contributed by atoms with van der Waals surface area (Å²) in [4.78, 5) is 24.9. The number of sulfonamides is 1. The summed E-state index contributed by atoms with van der Waals surface area (Å²) in [6.45, 7) is 3.61. The number of nitrogens with one attached hydrogen (secondary N) is 1. The molecule has 4 rings (SSSR count). The predicted molar refractivity (Wildman–Crippen MR) is 130 cm³/mol. The molecule has 2 aromatic carbocycles. The Balaban J connectivity index is 1.37. The van der Waals surface area contributed by atoms with E-state index >= 15 is 0 Å². The van der Waals surface area contributed by atoms with Crippen molar-refractivity contribution in [2.45, 2.75) is 50.5 Å². The van der Waals surface area contributed by atoms with Crippen LogP contribution in [0.2, 0.25) is 0 Å². The smallest absolute Gasteiger partial charge is 0.338 e. The van der Waals surface area contributed by atoms with Crippen molar-refractivity contribution in [3.63, 3.8) is 0 Å². The van der Waals surface area contributed by atoms with Gasteiger partial charge in [-0.3, -0.25) is 9.10 Å². The summed E-state index contributed by atoms with van der Waals surface area (Å²) in [5.41, 5.74) is 0.624. The van der Waals surface area contributed by atoms with Gasteiger partial charge < -0.3 is 10.1 Å². The quantitative estimate of drug-likeness (QED) is 0.543. The second kappa shape index (κ2) is 10.2. The van der Waals surface area contributed by atoms with Gasteiger partial charge in [-0.05, 0) is 81.2 Å². The number of fused-ring (bicyclic) bond motifs is 2. The summed E-state index contributed by atoms with van der Waals surface area (Å²) >= 11 is 0. The second-order valence-electron chi connectivity index (χ2n) is 9.30. The zero-order valence-electron chi connectivity index (χ0n) is 19.6. The molecule has 2 bridgehead atoms. The van der Waals surface area contributed by atoms with Crippen molar-refractivity contribution in [2.24, 2.45) is 17.8 Å². The number of carbonyl (C=O) groups is 2. The molecule has 0 heterocycles. The first-order valence-corrected chi connectivity index (χ1v) is 13.4. The van der Waals surface area contributed by atoms with Crippen LogP contribution in [0.4, 0.5) is 5.69 Å². The molecule has 7 nitrogen and oxygen atoms in total. The summed E-state index contributed by atoms with van der Waals surface area (Å²) in [5, 5.41) is 2.97. The molecule has 2 aliphatic carbocycles. The van der Waals surface area contributed by atoms with Gasteiger partial charge in [0.15, 0.2) is 6.61 Å². The van der Waals surface area contributed by atoms with E-state index in [-0.39, 0.29) is 29.0 Å². The number of hydrogen-bond donors (Lipinski definition) is 1. The molecule has 0 saturated heterocycles. The molecule has 0 radical (unpaired) electrons. The first-order chi connectivity index (χ1) is 16.3. The van der Waals surface area contributed by atoms with E-state index in [4.69, 9.17) is 4.74 Å². The van der Waals surface area contributed by atoms with Gasteiger partial charge in [-0.15, -0.1) is 0 Å². The molecule has 0 spiro atoms. The van der Waals surface area contributed by atoms with Gasteiger partial charge in [-0.1, -0.05) is 30.7 Å². The van der Waals surface area contributed by atoms with Gasteiger partial charge in [-0.2, -0.15) is 0 Å². The largest absolute Gasteiger partial charge is 0.452 e. The van der Waals surface area contributed by atoms with E-state index in [0.717, 1.165) is 12.3 Å². The number of rotatable bonds is 9. The van der Waals surface area contributed by atoms with Gasteiger partial charge in [0.05, 0.1) is 16.1 Å². The third-order valence-electron chi connectivity index (χ3n) is 7.15. The third-order valence-corrected chi connectivity index (χ3v) is 9.05. The lowest BCUT2D eigenvalue weighted by molar-refractivity contribution is -0.125.